The van der Waals surface area contributed by atoms with Crippen LogP contribution in [-0.4, -0.2) is 18.6 Å². The highest BCUT2D eigenvalue weighted by Gasteiger charge is 2.28. The smallest absolute Gasteiger partial charge is 0.324 e. The van der Waals surface area contributed by atoms with E-state index in [4.69, 9.17) is 10.5 Å². The molecule has 2 aromatic rings. The first-order valence-corrected chi connectivity index (χ1v) is 7.79. The number of hydrogen-bond donors (Lipinski definition) is 1. The first-order chi connectivity index (χ1) is 10.2. The normalized spacial score (nSPS) is 13.4. The molecule has 0 fully saturated rings. The van der Waals surface area contributed by atoms with E-state index >= 15 is 0 Å². The van der Waals surface area contributed by atoms with E-state index < -0.39 is 6.04 Å². The molecule has 2 aromatic carbocycles. The second-order valence-corrected chi connectivity index (χ2v) is 5.75. The van der Waals surface area contributed by atoms with E-state index in [-0.39, 0.29) is 11.2 Å². The number of carbonyl (C=O) groups excluding carboxylic acids is 1. The van der Waals surface area contributed by atoms with Crippen LogP contribution in [0.15, 0.2) is 65.6 Å². The van der Waals surface area contributed by atoms with Crippen molar-refractivity contribution in [3.63, 3.8) is 0 Å². The van der Waals surface area contributed by atoms with Gasteiger partial charge in [0.25, 0.3) is 0 Å². The molecule has 2 rings (SSSR count). The average molecular weight is 301 g/mol. The van der Waals surface area contributed by atoms with Gasteiger partial charge in [0.15, 0.2) is 0 Å². The molecule has 0 bridgehead atoms. The third-order valence-electron chi connectivity index (χ3n) is 3.02. The van der Waals surface area contributed by atoms with Crippen molar-refractivity contribution >= 4 is 17.7 Å². The largest absolute Gasteiger partial charge is 0.465 e. The van der Waals surface area contributed by atoms with Crippen LogP contribution in [0.2, 0.25) is 0 Å². The predicted octanol–water partition coefficient (Wildman–Crippen LogP) is 3.41. The van der Waals surface area contributed by atoms with Crippen molar-refractivity contribution < 1.29 is 9.53 Å². The van der Waals surface area contributed by atoms with Crippen LogP contribution in [-0.2, 0) is 9.53 Å². The lowest BCUT2D eigenvalue weighted by atomic mass is 10.1. The Kier molecular flexibility index (Phi) is 5.84. The molecule has 2 atom stereocenters. The zero-order valence-electron chi connectivity index (χ0n) is 11.9. The number of esters is 1. The summed E-state index contributed by atoms with van der Waals surface area (Å²) in [6.45, 7) is 2.12. The minimum absolute atomic E-state index is 0.173. The van der Waals surface area contributed by atoms with Crippen LogP contribution in [0.4, 0.5) is 0 Å². The van der Waals surface area contributed by atoms with E-state index in [1.807, 2.05) is 60.7 Å². The molecule has 4 heteroatoms. The molecule has 2 unspecified atom stereocenters. The SMILES string of the molecule is CCOC(=O)C(N)C(Sc1ccccc1)c1ccccc1. The zero-order valence-corrected chi connectivity index (χ0v) is 12.8. The summed E-state index contributed by atoms with van der Waals surface area (Å²) in [5.41, 5.74) is 7.15. The predicted molar refractivity (Wildman–Crippen MR) is 86.1 cm³/mol. The summed E-state index contributed by atoms with van der Waals surface area (Å²) >= 11 is 1.58. The molecule has 0 aliphatic heterocycles. The van der Waals surface area contributed by atoms with Gasteiger partial charge in [-0.25, -0.2) is 0 Å². The number of ether oxygens (including phenoxy) is 1. The molecule has 110 valence electrons. The summed E-state index contributed by atoms with van der Waals surface area (Å²) in [6.07, 6.45) is 0. The third kappa shape index (κ3) is 4.34. The molecule has 0 aliphatic carbocycles. The summed E-state index contributed by atoms with van der Waals surface area (Å²) in [5, 5.41) is -0.173. The highest BCUT2D eigenvalue weighted by molar-refractivity contribution is 7.99. The fourth-order valence-electron chi connectivity index (χ4n) is 2.00. The molecule has 0 aliphatic rings. The highest BCUT2D eigenvalue weighted by Crippen LogP contribution is 2.37. The van der Waals surface area contributed by atoms with Gasteiger partial charge in [-0.3, -0.25) is 4.79 Å². The van der Waals surface area contributed by atoms with Crippen LogP contribution in [0.25, 0.3) is 0 Å². The summed E-state index contributed by atoms with van der Waals surface area (Å²) in [7, 11) is 0. The minimum Gasteiger partial charge on any atom is -0.465 e. The van der Waals surface area contributed by atoms with Gasteiger partial charge in [0.1, 0.15) is 6.04 Å². The molecule has 2 N–H and O–H groups in total. The van der Waals surface area contributed by atoms with E-state index in [2.05, 4.69) is 0 Å². The molecular formula is C17H19NO2S. The molecular weight excluding hydrogens is 282 g/mol. The number of nitrogens with two attached hydrogens (primary N) is 1. The van der Waals surface area contributed by atoms with Crippen molar-refractivity contribution in [2.24, 2.45) is 5.73 Å². The maximum Gasteiger partial charge on any atom is 0.324 e. The van der Waals surface area contributed by atoms with Crippen LogP contribution >= 0.6 is 11.8 Å². The van der Waals surface area contributed by atoms with E-state index in [0.717, 1.165) is 10.5 Å². The lowest BCUT2D eigenvalue weighted by Gasteiger charge is -2.22. The van der Waals surface area contributed by atoms with Gasteiger partial charge in [-0.05, 0) is 24.6 Å². The highest BCUT2D eigenvalue weighted by atomic mass is 32.2. The summed E-state index contributed by atoms with van der Waals surface area (Å²) in [5.74, 6) is -0.366. The molecule has 0 spiro atoms. The van der Waals surface area contributed by atoms with Crippen molar-refractivity contribution in [3.8, 4) is 0 Å². The molecule has 0 saturated carbocycles. The maximum atomic E-state index is 12.0. The fourth-order valence-corrected chi connectivity index (χ4v) is 3.16. The van der Waals surface area contributed by atoms with E-state index in [9.17, 15) is 4.79 Å². The van der Waals surface area contributed by atoms with Crippen molar-refractivity contribution in [1.82, 2.24) is 0 Å². The van der Waals surface area contributed by atoms with Gasteiger partial charge in [-0.1, -0.05) is 48.5 Å². The number of rotatable bonds is 6. The molecule has 0 amide bonds. The number of carbonyl (C=O) groups is 1. The summed E-state index contributed by atoms with van der Waals surface area (Å²) in [4.78, 5) is 13.1. The van der Waals surface area contributed by atoms with Gasteiger partial charge < -0.3 is 10.5 Å². The van der Waals surface area contributed by atoms with Gasteiger partial charge in [0.05, 0.1) is 11.9 Å². The Morgan fingerprint density at radius 3 is 2.24 bits per heavy atom. The van der Waals surface area contributed by atoms with E-state index in [1.165, 1.54) is 0 Å². The van der Waals surface area contributed by atoms with E-state index in [1.54, 1.807) is 18.7 Å². The Morgan fingerprint density at radius 2 is 1.67 bits per heavy atom. The lowest BCUT2D eigenvalue weighted by molar-refractivity contribution is -0.144. The maximum absolute atomic E-state index is 12.0. The Balaban J connectivity index is 2.24. The van der Waals surface area contributed by atoms with Crippen LogP contribution in [0, 0.1) is 0 Å². The van der Waals surface area contributed by atoms with Gasteiger partial charge in [0, 0.05) is 4.90 Å². The van der Waals surface area contributed by atoms with Crippen LogP contribution in [0.3, 0.4) is 0 Å². The van der Waals surface area contributed by atoms with Gasteiger partial charge in [-0.2, -0.15) is 0 Å². The second kappa shape index (κ2) is 7.86. The minimum atomic E-state index is -0.697. The number of hydrogen-bond acceptors (Lipinski definition) is 4. The summed E-state index contributed by atoms with van der Waals surface area (Å²) in [6, 6.07) is 19.1. The molecule has 3 nitrogen and oxygen atoms in total. The number of benzene rings is 2. The van der Waals surface area contributed by atoms with Crippen LogP contribution < -0.4 is 5.73 Å². The second-order valence-electron chi connectivity index (χ2n) is 4.54. The molecule has 21 heavy (non-hydrogen) atoms. The zero-order chi connectivity index (χ0) is 15.1. The standard InChI is InChI=1S/C17H19NO2S/c1-2-20-17(19)15(18)16(13-9-5-3-6-10-13)21-14-11-7-4-8-12-14/h3-12,15-16H,2,18H2,1H3. The molecule has 0 aromatic heterocycles. The monoisotopic (exact) mass is 301 g/mol. The van der Waals surface area contributed by atoms with Gasteiger partial charge in [0.2, 0.25) is 0 Å². The molecule has 0 saturated heterocycles. The Morgan fingerprint density at radius 1 is 1.10 bits per heavy atom. The summed E-state index contributed by atoms with van der Waals surface area (Å²) < 4.78 is 5.07. The van der Waals surface area contributed by atoms with Gasteiger partial charge in [-0.15, -0.1) is 11.8 Å². The fraction of sp³-hybridized carbons (Fsp3) is 0.235. The Hall–Kier alpha value is -1.78. The van der Waals surface area contributed by atoms with E-state index in [0.29, 0.717) is 6.61 Å². The Bertz CT molecular complexity index is 560. The molecule has 0 radical (unpaired) electrons. The van der Waals surface area contributed by atoms with Crippen molar-refractivity contribution in [2.45, 2.75) is 23.1 Å². The Labute approximate surface area is 129 Å². The third-order valence-corrected chi connectivity index (χ3v) is 4.38. The first kappa shape index (κ1) is 15.6. The lowest BCUT2D eigenvalue weighted by Crippen LogP contribution is -2.37. The van der Waals surface area contributed by atoms with Crippen molar-refractivity contribution in [1.29, 1.82) is 0 Å². The average Bonchev–Trinajstić information content (AvgIpc) is 2.54. The van der Waals surface area contributed by atoms with Crippen molar-refractivity contribution in [3.05, 3.63) is 66.2 Å². The topological polar surface area (TPSA) is 52.3 Å². The van der Waals surface area contributed by atoms with Gasteiger partial charge >= 0.3 is 5.97 Å². The van der Waals surface area contributed by atoms with Crippen LogP contribution in [0.5, 0.6) is 0 Å². The van der Waals surface area contributed by atoms with Crippen molar-refractivity contribution in [2.75, 3.05) is 6.61 Å². The molecule has 0 heterocycles. The quantitative estimate of drug-likeness (QED) is 0.656. The first-order valence-electron chi connectivity index (χ1n) is 6.91. The van der Waals surface area contributed by atoms with Crippen LogP contribution in [0.1, 0.15) is 17.7 Å². The number of thioether (sulfide) groups is 1.